The van der Waals surface area contributed by atoms with Crippen molar-refractivity contribution in [2.75, 3.05) is 39.8 Å². The molecule has 1 saturated heterocycles. The molecule has 1 aromatic rings. The lowest BCUT2D eigenvalue weighted by Crippen LogP contribution is -2.48. The van der Waals surface area contributed by atoms with Crippen LogP contribution in [0.25, 0.3) is 0 Å². The quantitative estimate of drug-likeness (QED) is 0.856. The van der Waals surface area contributed by atoms with Gasteiger partial charge in [-0.05, 0) is 36.7 Å². The van der Waals surface area contributed by atoms with E-state index in [0.717, 1.165) is 43.9 Å². The van der Waals surface area contributed by atoms with E-state index in [-0.39, 0.29) is 5.91 Å². The van der Waals surface area contributed by atoms with E-state index in [4.69, 9.17) is 16.3 Å². The maximum absolute atomic E-state index is 12.4. The van der Waals surface area contributed by atoms with E-state index in [9.17, 15) is 4.79 Å². The summed E-state index contributed by atoms with van der Waals surface area (Å²) in [5.74, 6) is 0.831. The highest BCUT2D eigenvalue weighted by Crippen LogP contribution is 2.28. The summed E-state index contributed by atoms with van der Waals surface area (Å²) < 4.78 is 5.19. The van der Waals surface area contributed by atoms with E-state index in [1.165, 1.54) is 0 Å². The number of benzene rings is 1. The molecular formula is C16H23ClN2O2. The van der Waals surface area contributed by atoms with Crippen molar-refractivity contribution in [2.24, 2.45) is 0 Å². The van der Waals surface area contributed by atoms with Crippen LogP contribution in [0.15, 0.2) is 12.1 Å². The summed E-state index contributed by atoms with van der Waals surface area (Å²) in [6.45, 7) is 8.74. The molecule has 5 heteroatoms. The monoisotopic (exact) mass is 310 g/mol. The van der Waals surface area contributed by atoms with E-state index in [2.05, 4.69) is 11.8 Å². The Morgan fingerprint density at radius 1 is 1.29 bits per heavy atom. The molecular weight excluding hydrogens is 288 g/mol. The number of methoxy groups -OCH3 is 1. The van der Waals surface area contributed by atoms with E-state index in [1.807, 2.05) is 24.0 Å². The van der Waals surface area contributed by atoms with Gasteiger partial charge in [0, 0.05) is 26.2 Å². The lowest BCUT2D eigenvalue weighted by atomic mass is 10.0. The van der Waals surface area contributed by atoms with Gasteiger partial charge in [-0.3, -0.25) is 4.79 Å². The first-order chi connectivity index (χ1) is 10.0. The minimum atomic E-state index is 0.176. The van der Waals surface area contributed by atoms with Crippen LogP contribution in [0.3, 0.4) is 0 Å². The number of hydrogen-bond acceptors (Lipinski definition) is 3. The van der Waals surface area contributed by atoms with Crippen molar-refractivity contribution < 1.29 is 9.53 Å². The second kappa shape index (κ2) is 7.14. The Morgan fingerprint density at radius 2 is 1.95 bits per heavy atom. The highest BCUT2D eigenvalue weighted by molar-refractivity contribution is 6.32. The molecule has 4 nitrogen and oxygen atoms in total. The fraction of sp³-hybridized carbons (Fsp3) is 0.562. The molecule has 0 bridgehead atoms. The van der Waals surface area contributed by atoms with Gasteiger partial charge in [0.15, 0.2) is 0 Å². The smallest absolute Gasteiger partial charge is 0.227 e. The van der Waals surface area contributed by atoms with Crippen molar-refractivity contribution >= 4 is 17.5 Å². The number of carbonyl (C=O) groups excluding carboxylic acids is 1. The summed E-state index contributed by atoms with van der Waals surface area (Å²) in [6, 6.07) is 3.73. The summed E-state index contributed by atoms with van der Waals surface area (Å²) in [6.07, 6.45) is 0.404. The molecule has 0 aliphatic carbocycles. The van der Waals surface area contributed by atoms with Crippen molar-refractivity contribution in [2.45, 2.75) is 20.3 Å². The second-order valence-electron chi connectivity index (χ2n) is 5.41. The first-order valence-corrected chi connectivity index (χ1v) is 7.76. The van der Waals surface area contributed by atoms with Gasteiger partial charge < -0.3 is 14.5 Å². The van der Waals surface area contributed by atoms with Gasteiger partial charge in [-0.25, -0.2) is 0 Å². The van der Waals surface area contributed by atoms with Gasteiger partial charge in [0.05, 0.1) is 18.6 Å². The van der Waals surface area contributed by atoms with Crippen molar-refractivity contribution in [3.05, 3.63) is 28.3 Å². The van der Waals surface area contributed by atoms with Gasteiger partial charge in [0.25, 0.3) is 0 Å². The Balaban J connectivity index is 2.01. The lowest BCUT2D eigenvalue weighted by molar-refractivity contribution is -0.132. The summed E-state index contributed by atoms with van der Waals surface area (Å²) in [7, 11) is 1.60. The van der Waals surface area contributed by atoms with Gasteiger partial charge in [-0.1, -0.05) is 18.5 Å². The average molecular weight is 311 g/mol. The van der Waals surface area contributed by atoms with Crippen LogP contribution in [-0.4, -0.2) is 55.5 Å². The summed E-state index contributed by atoms with van der Waals surface area (Å²) in [5, 5.41) is 0.557. The molecule has 1 aliphatic rings. The van der Waals surface area contributed by atoms with E-state index in [1.54, 1.807) is 7.11 Å². The Bertz CT molecular complexity index is 511. The third kappa shape index (κ3) is 3.89. The largest absolute Gasteiger partial charge is 0.495 e. The number of rotatable bonds is 4. The van der Waals surface area contributed by atoms with Crippen LogP contribution in [0.4, 0.5) is 0 Å². The fourth-order valence-corrected chi connectivity index (χ4v) is 2.89. The Labute approximate surface area is 131 Å². The molecule has 1 aliphatic heterocycles. The van der Waals surface area contributed by atoms with E-state index < -0.39 is 0 Å². The van der Waals surface area contributed by atoms with Crippen molar-refractivity contribution in [1.82, 2.24) is 9.80 Å². The fourth-order valence-electron chi connectivity index (χ4n) is 2.63. The topological polar surface area (TPSA) is 32.8 Å². The summed E-state index contributed by atoms with van der Waals surface area (Å²) in [4.78, 5) is 16.7. The van der Waals surface area contributed by atoms with E-state index in [0.29, 0.717) is 17.2 Å². The number of aryl methyl sites for hydroxylation is 1. The zero-order valence-electron chi connectivity index (χ0n) is 13.0. The Morgan fingerprint density at radius 3 is 2.52 bits per heavy atom. The third-order valence-corrected chi connectivity index (χ3v) is 4.42. The number of piperazine rings is 1. The third-order valence-electron chi connectivity index (χ3n) is 4.12. The minimum absolute atomic E-state index is 0.176. The predicted molar refractivity (Wildman–Crippen MR) is 85.1 cm³/mol. The highest BCUT2D eigenvalue weighted by Gasteiger charge is 2.21. The van der Waals surface area contributed by atoms with Crippen LogP contribution in [0.1, 0.15) is 18.1 Å². The molecule has 2 rings (SSSR count). The second-order valence-corrected chi connectivity index (χ2v) is 5.81. The van der Waals surface area contributed by atoms with Gasteiger partial charge in [0.1, 0.15) is 5.75 Å². The first kappa shape index (κ1) is 16.1. The Kier molecular flexibility index (Phi) is 5.48. The standard InChI is InChI=1S/C16H23ClN2O2/c1-4-18-5-7-19(8-6-18)16(20)11-13-10-14(17)15(21-3)9-12(13)2/h9-10H,4-8,11H2,1-3H3. The molecule has 0 atom stereocenters. The minimum Gasteiger partial charge on any atom is -0.495 e. The van der Waals surface area contributed by atoms with Crippen molar-refractivity contribution in [1.29, 1.82) is 0 Å². The van der Waals surface area contributed by atoms with Gasteiger partial charge in [-0.2, -0.15) is 0 Å². The molecule has 116 valence electrons. The number of halogens is 1. The molecule has 0 unspecified atom stereocenters. The van der Waals surface area contributed by atoms with Gasteiger partial charge in [0.2, 0.25) is 5.91 Å². The maximum Gasteiger partial charge on any atom is 0.227 e. The van der Waals surface area contributed by atoms with Crippen molar-refractivity contribution in [3.8, 4) is 5.75 Å². The summed E-state index contributed by atoms with van der Waals surface area (Å²) in [5.41, 5.74) is 2.01. The van der Waals surface area contributed by atoms with Crippen LogP contribution in [0, 0.1) is 6.92 Å². The number of nitrogens with zero attached hydrogens (tertiary/aromatic N) is 2. The number of carbonyl (C=O) groups is 1. The Hall–Kier alpha value is -1.26. The van der Waals surface area contributed by atoms with Crippen LogP contribution in [-0.2, 0) is 11.2 Å². The lowest BCUT2D eigenvalue weighted by Gasteiger charge is -2.34. The first-order valence-electron chi connectivity index (χ1n) is 7.38. The number of likely N-dealkylation sites (N-methyl/N-ethyl adjacent to an activating group) is 1. The molecule has 0 radical (unpaired) electrons. The van der Waals surface area contributed by atoms with Crippen molar-refractivity contribution in [3.63, 3.8) is 0 Å². The molecule has 0 aromatic heterocycles. The molecule has 0 spiro atoms. The number of amides is 1. The average Bonchev–Trinajstić information content (AvgIpc) is 2.50. The molecule has 1 fully saturated rings. The number of hydrogen-bond donors (Lipinski definition) is 0. The van der Waals surface area contributed by atoms with E-state index >= 15 is 0 Å². The van der Waals surface area contributed by atoms with Gasteiger partial charge in [-0.15, -0.1) is 0 Å². The van der Waals surface area contributed by atoms with Crippen LogP contribution < -0.4 is 4.74 Å². The van der Waals surface area contributed by atoms with Crippen LogP contribution >= 0.6 is 11.6 Å². The maximum atomic E-state index is 12.4. The molecule has 1 aromatic carbocycles. The van der Waals surface area contributed by atoms with Crippen LogP contribution in [0.5, 0.6) is 5.75 Å². The highest BCUT2D eigenvalue weighted by atomic mass is 35.5. The predicted octanol–water partition coefficient (Wildman–Crippen LogP) is 2.36. The van der Waals surface area contributed by atoms with Gasteiger partial charge >= 0.3 is 0 Å². The molecule has 21 heavy (non-hydrogen) atoms. The SMILES string of the molecule is CCN1CCN(C(=O)Cc2cc(Cl)c(OC)cc2C)CC1. The molecule has 0 N–H and O–H groups in total. The molecule has 0 saturated carbocycles. The summed E-state index contributed by atoms with van der Waals surface area (Å²) >= 11 is 6.15. The number of ether oxygens (including phenoxy) is 1. The zero-order chi connectivity index (χ0) is 15.4. The molecule has 1 heterocycles. The normalized spacial score (nSPS) is 16.1. The zero-order valence-corrected chi connectivity index (χ0v) is 13.7. The van der Waals surface area contributed by atoms with Crippen LogP contribution in [0.2, 0.25) is 5.02 Å². The molecule has 1 amide bonds.